The van der Waals surface area contributed by atoms with Crippen LogP contribution in [0.2, 0.25) is 5.02 Å². The van der Waals surface area contributed by atoms with E-state index < -0.39 is 10.0 Å². The first kappa shape index (κ1) is 24.5. The molecule has 11 heteroatoms. The minimum atomic E-state index is -3.24. The van der Waals surface area contributed by atoms with Crippen LogP contribution in [-0.2, 0) is 10.0 Å². The van der Waals surface area contributed by atoms with Crippen LogP contribution in [-0.4, -0.2) is 56.2 Å². The lowest BCUT2D eigenvalue weighted by Gasteiger charge is -2.17. The summed E-state index contributed by atoms with van der Waals surface area (Å²) in [6.07, 6.45) is 7.06. The summed E-state index contributed by atoms with van der Waals surface area (Å²) in [6.45, 7) is 0.908. The summed E-state index contributed by atoms with van der Waals surface area (Å²) in [5, 5.41) is 0.963. The second-order valence-corrected chi connectivity index (χ2v) is 11.6. The molecule has 3 aromatic heterocycles. The molecule has 192 valence electrons. The Labute approximate surface area is 224 Å². The summed E-state index contributed by atoms with van der Waals surface area (Å²) in [4.78, 5) is 27.3. The van der Waals surface area contributed by atoms with Crippen molar-refractivity contribution >= 4 is 32.5 Å². The first-order valence-corrected chi connectivity index (χ1v) is 14.2. The van der Waals surface area contributed by atoms with Gasteiger partial charge in [-0.2, -0.15) is 0 Å². The fourth-order valence-electron chi connectivity index (χ4n) is 4.88. The van der Waals surface area contributed by atoms with Gasteiger partial charge in [0, 0.05) is 42.8 Å². The Balaban J connectivity index is 1.41. The van der Waals surface area contributed by atoms with E-state index in [0.717, 1.165) is 23.4 Å². The zero-order valence-electron chi connectivity index (χ0n) is 20.4. The Bertz CT molecular complexity index is 1810. The molecule has 0 radical (unpaired) electrons. The molecule has 0 N–H and O–H groups in total. The van der Waals surface area contributed by atoms with E-state index in [0.29, 0.717) is 40.7 Å². The van der Waals surface area contributed by atoms with Crippen LogP contribution < -0.4 is 5.56 Å². The van der Waals surface area contributed by atoms with Gasteiger partial charge in [-0.25, -0.2) is 32.2 Å². The largest absolute Gasteiger partial charge is 0.327 e. The maximum absolute atomic E-state index is 13.5. The molecular formula is C27H23ClN6O3S. The fraction of sp³-hybridized carbons (Fsp3) is 0.185. The molecule has 4 heterocycles. The van der Waals surface area contributed by atoms with Gasteiger partial charge in [-0.05, 0) is 30.7 Å². The second-order valence-electron chi connectivity index (χ2n) is 9.23. The molecule has 38 heavy (non-hydrogen) atoms. The van der Waals surface area contributed by atoms with Crippen molar-refractivity contribution in [1.29, 1.82) is 0 Å². The Morgan fingerprint density at radius 1 is 0.947 bits per heavy atom. The number of nitrogens with zero attached hydrogens (tertiary/aromatic N) is 6. The molecule has 1 unspecified atom stereocenters. The van der Waals surface area contributed by atoms with E-state index in [-0.39, 0.29) is 11.6 Å². The van der Waals surface area contributed by atoms with Crippen LogP contribution in [0.5, 0.6) is 0 Å². The number of hydrogen-bond donors (Lipinski definition) is 0. The standard InChI is InChI=1S/C27H23ClN6O3S/c1-38(36,37)32-14-12-21(17-32)33-15-13-29-25(33)18-6-8-19(9-7-18)26-31-23-5-3-2-4-22(23)27(35)34(26)24-11-10-20(28)16-30-24/h2-11,13,15-16,21H,12,14,17H2,1H3. The van der Waals surface area contributed by atoms with Gasteiger partial charge in [0.1, 0.15) is 17.5 Å². The Morgan fingerprint density at radius 3 is 2.37 bits per heavy atom. The van der Waals surface area contributed by atoms with Crippen LogP contribution in [0.1, 0.15) is 12.5 Å². The third-order valence-corrected chi connectivity index (χ3v) is 8.27. The highest BCUT2D eigenvalue weighted by Crippen LogP contribution is 2.30. The summed E-state index contributed by atoms with van der Waals surface area (Å²) < 4.78 is 29.0. The van der Waals surface area contributed by atoms with Gasteiger partial charge < -0.3 is 4.57 Å². The van der Waals surface area contributed by atoms with Crippen molar-refractivity contribution in [3.63, 3.8) is 0 Å². The van der Waals surface area contributed by atoms with E-state index in [4.69, 9.17) is 16.6 Å². The number of halogens is 1. The summed E-state index contributed by atoms with van der Waals surface area (Å²) in [5.74, 6) is 1.63. The minimum Gasteiger partial charge on any atom is -0.327 e. The minimum absolute atomic E-state index is 0.00483. The number of aromatic nitrogens is 5. The summed E-state index contributed by atoms with van der Waals surface area (Å²) in [5.41, 5.74) is 1.97. The van der Waals surface area contributed by atoms with Crippen molar-refractivity contribution in [3.8, 4) is 28.6 Å². The quantitative estimate of drug-likeness (QED) is 0.328. The number of benzene rings is 2. The van der Waals surface area contributed by atoms with Crippen LogP contribution in [0.15, 0.2) is 84.0 Å². The fourth-order valence-corrected chi connectivity index (χ4v) is 5.87. The Morgan fingerprint density at radius 2 is 1.68 bits per heavy atom. The number of rotatable bonds is 5. The molecule has 0 saturated carbocycles. The molecule has 2 aromatic carbocycles. The van der Waals surface area contributed by atoms with Crippen LogP contribution in [0.25, 0.3) is 39.5 Å². The van der Waals surface area contributed by atoms with Crippen LogP contribution >= 0.6 is 11.6 Å². The van der Waals surface area contributed by atoms with E-state index in [9.17, 15) is 13.2 Å². The van der Waals surface area contributed by atoms with Gasteiger partial charge in [0.15, 0.2) is 0 Å². The number of sulfonamides is 1. The second kappa shape index (κ2) is 9.46. The smallest absolute Gasteiger partial charge is 0.267 e. The topological polar surface area (TPSA) is 103 Å². The predicted molar refractivity (Wildman–Crippen MR) is 147 cm³/mol. The van der Waals surface area contributed by atoms with Crippen LogP contribution in [0.4, 0.5) is 0 Å². The highest BCUT2D eigenvalue weighted by Gasteiger charge is 2.30. The average Bonchev–Trinajstić information content (AvgIpc) is 3.60. The molecule has 9 nitrogen and oxygen atoms in total. The summed E-state index contributed by atoms with van der Waals surface area (Å²) in [6, 6.07) is 18.2. The number of hydrogen-bond acceptors (Lipinski definition) is 6. The highest BCUT2D eigenvalue weighted by atomic mass is 35.5. The molecule has 0 bridgehead atoms. The maximum Gasteiger partial charge on any atom is 0.267 e. The zero-order valence-corrected chi connectivity index (χ0v) is 22.0. The number of pyridine rings is 1. The molecular weight excluding hydrogens is 524 g/mol. The van der Waals surface area contributed by atoms with E-state index >= 15 is 0 Å². The average molecular weight is 547 g/mol. The predicted octanol–water partition coefficient (Wildman–Crippen LogP) is 4.17. The molecule has 5 aromatic rings. The molecule has 1 aliphatic rings. The maximum atomic E-state index is 13.5. The van der Waals surface area contributed by atoms with Crippen molar-refractivity contribution in [3.05, 3.63) is 94.6 Å². The van der Waals surface area contributed by atoms with E-state index in [2.05, 4.69) is 9.97 Å². The Hall–Kier alpha value is -3.86. The molecule has 0 spiro atoms. The van der Waals surface area contributed by atoms with Crippen molar-refractivity contribution in [1.82, 2.24) is 28.4 Å². The number of imidazole rings is 1. The van der Waals surface area contributed by atoms with Gasteiger partial charge in [0.05, 0.1) is 28.2 Å². The molecule has 0 amide bonds. The van der Waals surface area contributed by atoms with E-state index in [1.54, 1.807) is 30.5 Å². The number of para-hydroxylation sites is 1. The van der Waals surface area contributed by atoms with Crippen molar-refractivity contribution in [2.24, 2.45) is 0 Å². The van der Waals surface area contributed by atoms with Crippen molar-refractivity contribution in [2.45, 2.75) is 12.5 Å². The van der Waals surface area contributed by atoms with Crippen molar-refractivity contribution in [2.75, 3.05) is 19.3 Å². The third kappa shape index (κ3) is 4.40. The lowest BCUT2D eigenvalue weighted by Crippen LogP contribution is -2.27. The zero-order chi connectivity index (χ0) is 26.4. The highest BCUT2D eigenvalue weighted by molar-refractivity contribution is 7.88. The first-order chi connectivity index (χ1) is 18.3. The van der Waals surface area contributed by atoms with Crippen LogP contribution in [0.3, 0.4) is 0 Å². The van der Waals surface area contributed by atoms with Gasteiger partial charge in [-0.3, -0.25) is 4.79 Å². The van der Waals surface area contributed by atoms with Crippen LogP contribution in [0, 0.1) is 0 Å². The summed E-state index contributed by atoms with van der Waals surface area (Å²) in [7, 11) is -3.24. The lowest BCUT2D eigenvalue weighted by molar-refractivity contribution is 0.457. The third-order valence-electron chi connectivity index (χ3n) is 6.78. The van der Waals surface area contributed by atoms with Gasteiger partial charge >= 0.3 is 0 Å². The van der Waals surface area contributed by atoms with Gasteiger partial charge in [0.2, 0.25) is 10.0 Å². The van der Waals surface area contributed by atoms with E-state index in [1.807, 2.05) is 47.2 Å². The molecule has 1 aliphatic heterocycles. The van der Waals surface area contributed by atoms with Gasteiger partial charge in [-0.15, -0.1) is 0 Å². The summed E-state index contributed by atoms with van der Waals surface area (Å²) >= 11 is 6.04. The molecule has 0 aliphatic carbocycles. The molecule has 1 atom stereocenters. The lowest BCUT2D eigenvalue weighted by atomic mass is 10.1. The van der Waals surface area contributed by atoms with Gasteiger partial charge in [-0.1, -0.05) is 48.0 Å². The molecule has 1 fully saturated rings. The van der Waals surface area contributed by atoms with Gasteiger partial charge in [0.25, 0.3) is 5.56 Å². The normalized spacial score (nSPS) is 16.3. The van der Waals surface area contributed by atoms with Crippen molar-refractivity contribution < 1.29 is 8.42 Å². The first-order valence-electron chi connectivity index (χ1n) is 12.0. The Kier molecular flexibility index (Phi) is 6.10. The van der Waals surface area contributed by atoms with E-state index in [1.165, 1.54) is 21.3 Å². The number of fused-ring (bicyclic) bond motifs is 1. The molecule has 1 saturated heterocycles. The monoisotopic (exact) mass is 546 g/mol. The molecule has 6 rings (SSSR count). The SMILES string of the molecule is CS(=O)(=O)N1CCC(n2ccnc2-c2ccc(-c3nc4ccccc4c(=O)n3-c3ccc(Cl)cn3)cc2)C1.